The molecule has 0 radical (unpaired) electrons. The van der Waals surface area contributed by atoms with Gasteiger partial charge in [0.2, 0.25) is 0 Å². The summed E-state index contributed by atoms with van der Waals surface area (Å²) in [5.74, 6) is -0.252. The standard InChI is InChI=1S/C16H15N3O4/c1-10-4-2-6-19-14(10)17-8-11(16(19)22)15(21)18-9-12(20)13-5-3-7-23-13/h2-8,12,20H,9H2,1H3,(H,18,21). The molecule has 3 aromatic heterocycles. The molecule has 0 saturated heterocycles. The molecule has 118 valence electrons. The van der Waals surface area contributed by atoms with Crippen molar-refractivity contribution in [3.05, 3.63) is 70.2 Å². The lowest BCUT2D eigenvalue weighted by Gasteiger charge is -2.10. The molecule has 0 aliphatic carbocycles. The fraction of sp³-hybridized carbons (Fsp3) is 0.188. The number of fused-ring (bicyclic) bond motifs is 1. The first-order valence-corrected chi connectivity index (χ1v) is 7.04. The SMILES string of the molecule is Cc1cccn2c(=O)c(C(=O)NCC(O)c3ccco3)cnc12. The fourth-order valence-electron chi connectivity index (χ4n) is 2.27. The molecule has 0 aliphatic rings. The predicted octanol–water partition coefficient (Wildman–Crippen LogP) is 1.06. The van der Waals surface area contributed by atoms with Crippen LogP contribution in [0.5, 0.6) is 0 Å². The highest BCUT2D eigenvalue weighted by atomic mass is 16.4. The van der Waals surface area contributed by atoms with E-state index in [2.05, 4.69) is 10.3 Å². The van der Waals surface area contributed by atoms with Gasteiger partial charge < -0.3 is 14.8 Å². The van der Waals surface area contributed by atoms with Gasteiger partial charge in [-0.3, -0.25) is 14.0 Å². The number of hydrogen-bond donors (Lipinski definition) is 2. The van der Waals surface area contributed by atoms with Gasteiger partial charge in [-0.15, -0.1) is 0 Å². The highest BCUT2D eigenvalue weighted by molar-refractivity contribution is 5.93. The zero-order chi connectivity index (χ0) is 16.4. The second-order valence-corrected chi connectivity index (χ2v) is 5.10. The minimum absolute atomic E-state index is 0.0672. The third-order valence-corrected chi connectivity index (χ3v) is 3.50. The highest BCUT2D eigenvalue weighted by Gasteiger charge is 2.16. The van der Waals surface area contributed by atoms with Gasteiger partial charge in [0.25, 0.3) is 11.5 Å². The molecule has 1 atom stereocenters. The van der Waals surface area contributed by atoms with Crippen LogP contribution in [0, 0.1) is 6.92 Å². The third kappa shape index (κ3) is 2.86. The number of furan rings is 1. The maximum atomic E-state index is 12.4. The maximum absolute atomic E-state index is 12.4. The van der Waals surface area contributed by atoms with Crippen LogP contribution in [0.25, 0.3) is 5.65 Å². The molecule has 0 aliphatic heterocycles. The number of nitrogens with zero attached hydrogens (tertiary/aromatic N) is 2. The zero-order valence-electron chi connectivity index (χ0n) is 12.4. The van der Waals surface area contributed by atoms with Crippen molar-refractivity contribution in [1.29, 1.82) is 0 Å². The number of carbonyl (C=O) groups is 1. The molecule has 3 rings (SSSR count). The van der Waals surface area contributed by atoms with Gasteiger partial charge in [0.15, 0.2) is 0 Å². The quantitative estimate of drug-likeness (QED) is 0.750. The van der Waals surface area contributed by atoms with Crippen molar-refractivity contribution in [3.8, 4) is 0 Å². The summed E-state index contributed by atoms with van der Waals surface area (Å²) < 4.78 is 6.37. The molecular formula is C16H15N3O4. The summed E-state index contributed by atoms with van der Waals surface area (Å²) in [5.41, 5.74) is 0.804. The molecule has 2 N–H and O–H groups in total. The number of carbonyl (C=O) groups excluding carboxylic acids is 1. The third-order valence-electron chi connectivity index (χ3n) is 3.50. The summed E-state index contributed by atoms with van der Waals surface area (Å²) in [4.78, 5) is 28.7. The van der Waals surface area contributed by atoms with E-state index in [1.54, 1.807) is 24.4 Å². The van der Waals surface area contributed by atoms with Crippen molar-refractivity contribution in [2.45, 2.75) is 13.0 Å². The van der Waals surface area contributed by atoms with E-state index in [-0.39, 0.29) is 12.1 Å². The Morgan fingerprint density at radius 1 is 1.43 bits per heavy atom. The molecule has 7 nitrogen and oxygen atoms in total. The van der Waals surface area contributed by atoms with Gasteiger partial charge in [0.1, 0.15) is 23.1 Å². The maximum Gasteiger partial charge on any atom is 0.270 e. The lowest BCUT2D eigenvalue weighted by atomic mass is 10.2. The Bertz CT molecular complexity index is 899. The average molecular weight is 313 g/mol. The molecule has 23 heavy (non-hydrogen) atoms. The van der Waals surface area contributed by atoms with Crippen molar-refractivity contribution >= 4 is 11.6 Å². The fourth-order valence-corrected chi connectivity index (χ4v) is 2.27. The van der Waals surface area contributed by atoms with Crippen LogP contribution >= 0.6 is 0 Å². The van der Waals surface area contributed by atoms with E-state index < -0.39 is 17.6 Å². The van der Waals surface area contributed by atoms with Crippen LogP contribution in [0.15, 0.2) is 52.1 Å². The topological polar surface area (TPSA) is 96.8 Å². The van der Waals surface area contributed by atoms with Crippen LogP contribution in [0.3, 0.4) is 0 Å². The molecule has 1 unspecified atom stereocenters. The van der Waals surface area contributed by atoms with Crippen LogP contribution < -0.4 is 10.9 Å². The zero-order valence-corrected chi connectivity index (χ0v) is 12.4. The Balaban J connectivity index is 1.81. The Kier molecular flexibility index (Phi) is 3.94. The van der Waals surface area contributed by atoms with E-state index >= 15 is 0 Å². The van der Waals surface area contributed by atoms with Crippen molar-refractivity contribution in [2.24, 2.45) is 0 Å². The lowest BCUT2D eigenvalue weighted by molar-refractivity contribution is 0.0899. The second kappa shape index (κ2) is 6.05. The summed E-state index contributed by atoms with van der Waals surface area (Å²) in [6.45, 7) is 1.77. The number of aliphatic hydroxyl groups is 1. The monoisotopic (exact) mass is 313 g/mol. The smallest absolute Gasteiger partial charge is 0.270 e. The van der Waals surface area contributed by atoms with Gasteiger partial charge in [-0.05, 0) is 30.7 Å². The van der Waals surface area contributed by atoms with Crippen LogP contribution in [0.2, 0.25) is 0 Å². The van der Waals surface area contributed by atoms with Gasteiger partial charge in [0.05, 0.1) is 12.8 Å². The number of pyridine rings is 1. The number of hydrogen-bond acceptors (Lipinski definition) is 5. The number of aryl methyl sites for hydroxylation is 1. The van der Waals surface area contributed by atoms with Gasteiger partial charge in [-0.1, -0.05) is 6.07 Å². The molecule has 0 bridgehead atoms. The number of rotatable bonds is 4. The molecule has 0 fully saturated rings. The van der Waals surface area contributed by atoms with E-state index in [4.69, 9.17) is 4.42 Å². The first-order chi connectivity index (χ1) is 11.1. The number of nitrogens with one attached hydrogen (secondary N) is 1. The summed E-state index contributed by atoms with van der Waals surface area (Å²) in [5, 5.41) is 12.4. The van der Waals surface area contributed by atoms with E-state index in [9.17, 15) is 14.7 Å². The predicted molar refractivity (Wildman–Crippen MR) is 82.2 cm³/mol. The first-order valence-electron chi connectivity index (χ1n) is 7.04. The number of aliphatic hydroxyl groups excluding tert-OH is 1. The molecule has 3 aromatic rings. The Morgan fingerprint density at radius 3 is 3.00 bits per heavy atom. The van der Waals surface area contributed by atoms with Crippen LogP contribution in [0.1, 0.15) is 27.8 Å². The Morgan fingerprint density at radius 2 is 2.26 bits per heavy atom. The van der Waals surface area contributed by atoms with Crippen molar-refractivity contribution in [1.82, 2.24) is 14.7 Å². The van der Waals surface area contributed by atoms with Gasteiger partial charge >= 0.3 is 0 Å². The molecule has 0 saturated carbocycles. The summed E-state index contributed by atoms with van der Waals surface area (Å²) in [6, 6.07) is 6.80. The van der Waals surface area contributed by atoms with E-state index in [1.807, 2.05) is 13.0 Å². The van der Waals surface area contributed by atoms with E-state index in [0.29, 0.717) is 11.4 Å². The molecule has 7 heteroatoms. The summed E-state index contributed by atoms with van der Waals surface area (Å²) in [7, 11) is 0. The number of aromatic nitrogens is 2. The molecule has 0 spiro atoms. The van der Waals surface area contributed by atoms with Crippen molar-refractivity contribution in [2.75, 3.05) is 6.54 Å². The highest BCUT2D eigenvalue weighted by Crippen LogP contribution is 2.11. The second-order valence-electron chi connectivity index (χ2n) is 5.10. The minimum Gasteiger partial charge on any atom is -0.467 e. The number of amides is 1. The van der Waals surface area contributed by atoms with Gasteiger partial charge in [-0.2, -0.15) is 0 Å². The van der Waals surface area contributed by atoms with Crippen LogP contribution in [-0.4, -0.2) is 26.9 Å². The van der Waals surface area contributed by atoms with Crippen molar-refractivity contribution in [3.63, 3.8) is 0 Å². The average Bonchev–Trinajstić information content (AvgIpc) is 3.08. The lowest BCUT2D eigenvalue weighted by Crippen LogP contribution is -2.34. The first kappa shape index (κ1) is 15.0. The molecular weight excluding hydrogens is 298 g/mol. The van der Waals surface area contributed by atoms with Gasteiger partial charge in [0, 0.05) is 12.4 Å². The largest absolute Gasteiger partial charge is 0.467 e. The normalized spacial score (nSPS) is 12.3. The minimum atomic E-state index is -0.979. The van der Waals surface area contributed by atoms with Crippen molar-refractivity contribution < 1.29 is 14.3 Å². The Hall–Kier alpha value is -2.93. The Labute approximate surface area is 131 Å². The molecule has 0 aromatic carbocycles. The summed E-state index contributed by atoms with van der Waals surface area (Å²) in [6.07, 6.45) is 3.26. The van der Waals surface area contributed by atoms with E-state index in [0.717, 1.165) is 5.56 Å². The van der Waals surface area contributed by atoms with Gasteiger partial charge in [-0.25, -0.2) is 4.98 Å². The van der Waals surface area contributed by atoms with Crippen LogP contribution in [-0.2, 0) is 0 Å². The molecule has 3 heterocycles. The van der Waals surface area contributed by atoms with E-state index in [1.165, 1.54) is 16.9 Å². The van der Waals surface area contributed by atoms with Crippen LogP contribution in [0.4, 0.5) is 0 Å². The molecule has 1 amide bonds. The summed E-state index contributed by atoms with van der Waals surface area (Å²) >= 11 is 0.